The minimum absolute atomic E-state index is 0.0143. The van der Waals surface area contributed by atoms with Crippen LogP contribution < -0.4 is 5.32 Å². The number of nitrogens with one attached hydrogen (secondary N) is 1. The number of anilines is 1. The van der Waals surface area contributed by atoms with Crippen LogP contribution in [0.4, 0.5) is 11.7 Å². The standard InChI is InChI=1S/C17H21N5O4/c1-21(13-5-3-2-4-6-13)11-15(23)18-17-20-19-16(26-17)12-7-9-14(10-8-12)22(24)25/h7-10,13H,2-6,11H2,1H3,(H,18,20,23). The van der Waals surface area contributed by atoms with Crippen molar-refractivity contribution in [3.8, 4) is 11.5 Å². The van der Waals surface area contributed by atoms with E-state index in [0.29, 0.717) is 11.6 Å². The van der Waals surface area contributed by atoms with E-state index in [0.717, 1.165) is 12.8 Å². The summed E-state index contributed by atoms with van der Waals surface area (Å²) in [5.41, 5.74) is 0.524. The molecule has 0 spiro atoms. The molecule has 1 N–H and O–H groups in total. The van der Waals surface area contributed by atoms with Crippen molar-refractivity contribution in [3.63, 3.8) is 0 Å². The van der Waals surface area contributed by atoms with E-state index < -0.39 is 4.92 Å². The van der Waals surface area contributed by atoms with Gasteiger partial charge in [0, 0.05) is 23.7 Å². The fraction of sp³-hybridized carbons (Fsp3) is 0.471. The predicted molar refractivity (Wildman–Crippen MR) is 94.5 cm³/mol. The Hall–Kier alpha value is -2.81. The second-order valence-corrected chi connectivity index (χ2v) is 6.47. The SMILES string of the molecule is CN(CC(=O)Nc1nnc(-c2ccc([N+](=O)[O-])cc2)o1)C1CCCCC1. The molecule has 1 aromatic carbocycles. The molecule has 1 heterocycles. The zero-order valence-corrected chi connectivity index (χ0v) is 14.6. The average molecular weight is 359 g/mol. The van der Waals surface area contributed by atoms with Gasteiger partial charge >= 0.3 is 6.01 Å². The van der Waals surface area contributed by atoms with Gasteiger partial charge in [-0.2, -0.15) is 0 Å². The first kappa shape index (κ1) is 18.0. The number of hydrogen-bond acceptors (Lipinski definition) is 7. The first-order valence-electron chi connectivity index (χ1n) is 8.61. The van der Waals surface area contributed by atoms with Crippen molar-refractivity contribution in [2.75, 3.05) is 18.9 Å². The van der Waals surface area contributed by atoms with E-state index in [9.17, 15) is 14.9 Å². The zero-order chi connectivity index (χ0) is 18.5. The first-order valence-corrected chi connectivity index (χ1v) is 8.61. The molecule has 0 atom stereocenters. The Morgan fingerprint density at radius 3 is 2.62 bits per heavy atom. The Labute approximate surface area is 150 Å². The lowest BCUT2D eigenvalue weighted by Crippen LogP contribution is -2.39. The van der Waals surface area contributed by atoms with Crippen molar-refractivity contribution in [2.24, 2.45) is 0 Å². The molecular formula is C17H21N5O4. The number of non-ortho nitro benzene ring substituents is 1. The number of hydrogen-bond donors (Lipinski definition) is 1. The van der Waals surface area contributed by atoms with Crippen LogP contribution in [-0.2, 0) is 4.79 Å². The molecule has 3 rings (SSSR count). The Kier molecular flexibility index (Phi) is 5.57. The van der Waals surface area contributed by atoms with Crippen LogP contribution in [0.15, 0.2) is 28.7 Å². The molecule has 0 saturated heterocycles. The average Bonchev–Trinajstić information content (AvgIpc) is 3.10. The van der Waals surface area contributed by atoms with Crippen molar-refractivity contribution in [1.82, 2.24) is 15.1 Å². The zero-order valence-electron chi connectivity index (χ0n) is 14.6. The number of aromatic nitrogens is 2. The van der Waals surface area contributed by atoms with E-state index in [1.165, 1.54) is 43.5 Å². The summed E-state index contributed by atoms with van der Waals surface area (Å²) in [6, 6.07) is 6.21. The Balaban J connectivity index is 1.57. The van der Waals surface area contributed by atoms with E-state index >= 15 is 0 Å². The molecule has 2 aromatic rings. The molecule has 1 amide bonds. The summed E-state index contributed by atoms with van der Waals surface area (Å²) in [5.74, 6) is -0.0205. The number of carbonyl (C=O) groups is 1. The van der Waals surface area contributed by atoms with Crippen molar-refractivity contribution in [1.29, 1.82) is 0 Å². The lowest BCUT2D eigenvalue weighted by atomic mass is 9.94. The predicted octanol–water partition coefficient (Wildman–Crippen LogP) is 2.85. The van der Waals surface area contributed by atoms with Gasteiger partial charge in [0.25, 0.3) is 5.69 Å². The Morgan fingerprint density at radius 1 is 1.27 bits per heavy atom. The molecular weight excluding hydrogens is 338 g/mol. The number of nitrogens with zero attached hydrogens (tertiary/aromatic N) is 4. The quantitative estimate of drug-likeness (QED) is 0.623. The van der Waals surface area contributed by atoms with Crippen LogP contribution >= 0.6 is 0 Å². The third kappa shape index (κ3) is 4.42. The summed E-state index contributed by atoms with van der Waals surface area (Å²) in [6.45, 7) is 0.264. The van der Waals surface area contributed by atoms with E-state index in [1.807, 2.05) is 7.05 Å². The number of rotatable bonds is 6. The maximum absolute atomic E-state index is 12.2. The molecule has 1 aromatic heterocycles. The largest absolute Gasteiger partial charge is 0.403 e. The molecule has 0 unspecified atom stereocenters. The van der Waals surface area contributed by atoms with Gasteiger partial charge in [-0.3, -0.25) is 25.1 Å². The topological polar surface area (TPSA) is 114 Å². The second kappa shape index (κ2) is 8.05. The monoisotopic (exact) mass is 359 g/mol. The van der Waals surface area contributed by atoms with Crippen LogP contribution in [0.25, 0.3) is 11.5 Å². The third-order valence-corrected chi connectivity index (χ3v) is 4.59. The number of likely N-dealkylation sites (N-methyl/N-ethyl adjacent to an activating group) is 1. The fourth-order valence-corrected chi connectivity index (χ4v) is 3.15. The van der Waals surface area contributed by atoms with Crippen LogP contribution in [0.1, 0.15) is 32.1 Å². The molecule has 0 radical (unpaired) electrons. The van der Waals surface area contributed by atoms with Gasteiger partial charge in [-0.1, -0.05) is 24.4 Å². The minimum Gasteiger partial charge on any atom is -0.403 e. The first-order chi connectivity index (χ1) is 12.5. The molecule has 26 heavy (non-hydrogen) atoms. The van der Waals surface area contributed by atoms with Crippen LogP contribution in [0.3, 0.4) is 0 Å². The fourth-order valence-electron chi connectivity index (χ4n) is 3.15. The number of nitro groups is 1. The number of nitro benzene ring substituents is 1. The van der Waals surface area contributed by atoms with Gasteiger partial charge < -0.3 is 4.42 Å². The van der Waals surface area contributed by atoms with Crippen LogP contribution in [0.2, 0.25) is 0 Å². The summed E-state index contributed by atoms with van der Waals surface area (Å²) in [5, 5.41) is 21.0. The molecule has 1 aliphatic rings. The molecule has 1 aliphatic carbocycles. The van der Waals surface area contributed by atoms with Crippen molar-refractivity contribution in [2.45, 2.75) is 38.1 Å². The molecule has 0 aliphatic heterocycles. The van der Waals surface area contributed by atoms with E-state index in [1.54, 1.807) is 0 Å². The van der Waals surface area contributed by atoms with Gasteiger partial charge in [0.15, 0.2) is 0 Å². The summed E-state index contributed by atoms with van der Waals surface area (Å²) >= 11 is 0. The summed E-state index contributed by atoms with van der Waals surface area (Å²) in [7, 11) is 1.95. The summed E-state index contributed by atoms with van der Waals surface area (Å²) < 4.78 is 5.43. The minimum atomic E-state index is -0.480. The lowest BCUT2D eigenvalue weighted by molar-refractivity contribution is -0.384. The van der Waals surface area contributed by atoms with Crippen molar-refractivity contribution < 1.29 is 14.1 Å². The van der Waals surface area contributed by atoms with Gasteiger partial charge in [-0.25, -0.2) is 0 Å². The van der Waals surface area contributed by atoms with Gasteiger partial charge in [0.2, 0.25) is 11.8 Å². The molecule has 9 heteroatoms. The molecule has 1 saturated carbocycles. The smallest absolute Gasteiger partial charge is 0.322 e. The van der Waals surface area contributed by atoms with Crippen LogP contribution in [0, 0.1) is 10.1 Å². The Bertz CT molecular complexity index is 768. The highest BCUT2D eigenvalue weighted by atomic mass is 16.6. The van der Waals surface area contributed by atoms with Gasteiger partial charge in [0.1, 0.15) is 0 Å². The molecule has 9 nitrogen and oxygen atoms in total. The van der Waals surface area contributed by atoms with E-state index in [-0.39, 0.29) is 30.0 Å². The highest BCUT2D eigenvalue weighted by Crippen LogP contribution is 2.23. The normalized spacial score (nSPS) is 15.2. The maximum Gasteiger partial charge on any atom is 0.322 e. The number of carbonyl (C=O) groups excluding carboxylic acids is 1. The summed E-state index contributed by atoms with van der Waals surface area (Å²) in [4.78, 5) is 24.4. The Morgan fingerprint density at radius 2 is 1.96 bits per heavy atom. The van der Waals surface area contributed by atoms with Crippen LogP contribution in [-0.4, -0.2) is 45.6 Å². The van der Waals surface area contributed by atoms with Crippen molar-refractivity contribution >= 4 is 17.6 Å². The lowest BCUT2D eigenvalue weighted by Gasteiger charge is -2.30. The van der Waals surface area contributed by atoms with Gasteiger partial charge in [-0.15, -0.1) is 5.10 Å². The highest BCUT2D eigenvalue weighted by molar-refractivity contribution is 5.90. The number of benzene rings is 1. The summed E-state index contributed by atoms with van der Waals surface area (Å²) in [6.07, 6.45) is 5.92. The highest BCUT2D eigenvalue weighted by Gasteiger charge is 2.20. The molecule has 138 valence electrons. The number of amides is 1. The van der Waals surface area contributed by atoms with E-state index in [2.05, 4.69) is 20.4 Å². The molecule has 1 fully saturated rings. The second-order valence-electron chi connectivity index (χ2n) is 6.47. The van der Waals surface area contributed by atoms with Gasteiger partial charge in [0.05, 0.1) is 11.5 Å². The maximum atomic E-state index is 12.2. The van der Waals surface area contributed by atoms with E-state index in [4.69, 9.17) is 4.42 Å². The molecule has 0 bridgehead atoms. The third-order valence-electron chi connectivity index (χ3n) is 4.59. The van der Waals surface area contributed by atoms with Gasteiger partial charge in [-0.05, 0) is 32.0 Å². The van der Waals surface area contributed by atoms with Crippen molar-refractivity contribution in [3.05, 3.63) is 34.4 Å². The van der Waals surface area contributed by atoms with Crippen LogP contribution in [0.5, 0.6) is 0 Å².